The zero-order valence-electron chi connectivity index (χ0n) is 21.9. The molecular formula is C26H36BrN2O6PS. The summed E-state index contributed by atoms with van der Waals surface area (Å²) in [6.07, 6.45) is 0.00477. The largest absolute Gasteiger partial charge is 0.467 e. The summed E-state index contributed by atoms with van der Waals surface area (Å²) < 4.78 is 29.9. The van der Waals surface area contributed by atoms with Crippen molar-refractivity contribution in [2.75, 3.05) is 33.2 Å². The van der Waals surface area contributed by atoms with Crippen molar-refractivity contribution in [3.63, 3.8) is 0 Å². The molecule has 2 aromatic carbocycles. The monoisotopic (exact) mass is 614 g/mol. The number of carbonyl (C=O) groups excluding carboxylic acids is 2. The lowest BCUT2D eigenvalue weighted by atomic mass is 10.1. The van der Waals surface area contributed by atoms with Crippen LogP contribution >= 0.6 is 35.3 Å². The minimum Gasteiger partial charge on any atom is -0.467 e. The number of ether oxygens (including phenoxy) is 1. The number of urea groups is 1. The van der Waals surface area contributed by atoms with Crippen LogP contribution in [0.3, 0.4) is 0 Å². The Hall–Kier alpha value is -1.84. The molecule has 0 heterocycles. The van der Waals surface area contributed by atoms with E-state index < -0.39 is 25.6 Å². The van der Waals surface area contributed by atoms with E-state index >= 15 is 0 Å². The van der Waals surface area contributed by atoms with Gasteiger partial charge in [0, 0.05) is 27.2 Å². The highest BCUT2D eigenvalue weighted by Crippen LogP contribution is 2.48. The molecule has 2 amide bonds. The number of nitrogens with zero attached hydrogens (tertiary/aromatic N) is 1. The van der Waals surface area contributed by atoms with Gasteiger partial charge >= 0.3 is 19.6 Å². The van der Waals surface area contributed by atoms with Gasteiger partial charge in [0.15, 0.2) is 0 Å². The van der Waals surface area contributed by atoms with Gasteiger partial charge in [-0.25, -0.2) is 9.59 Å². The maximum absolute atomic E-state index is 13.4. The Morgan fingerprint density at radius 1 is 1.05 bits per heavy atom. The third kappa shape index (κ3) is 10.4. The maximum Gasteiger partial charge on any atom is 0.349 e. The normalized spacial score (nSPS) is 12.3. The van der Waals surface area contributed by atoms with E-state index in [2.05, 4.69) is 21.2 Å². The van der Waals surface area contributed by atoms with Crippen molar-refractivity contribution >= 4 is 47.3 Å². The number of hydrogen-bond donors (Lipinski definition) is 1. The highest BCUT2D eigenvalue weighted by molar-refractivity contribution is 9.10. The summed E-state index contributed by atoms with van der Waals surface area (Å²) in [4.78, 5) is 29.5. The number of carbonyl (C=O) groups is 2. The van der Waals surface area contributed by atoms with Gasteiger partial charge in [0.2, 0.25) is 0 Å². The number of amides is 2. The standard InChI is InChI=1S/C26H36BrN2O6PS/c1-6-34-36(32,35-7-2)18-29(17-19(3)4)26(31)28-23(25(30)33-5)16-20-10-8-9-11-24(20)37-22-14-12-21(27)13-15-22/h8-15,19,23H,6-7,16-18H2,1-5H3,(H,28,31)/t23-/m0/s1. The predicted molar refractivity (Wildman–Crippen MR) is 150 cm³/mol. The highest BCUT2D eigenvalue weighted by atomic mass is 79.9. The van der Waals surface area contributed by atoms with E-state index in [-0.39, 0.29) is 31.8 Å². The number of halogens is 1. The van der Waals surface area contributed by atoms with Gasteiger partial charge in [-0.1, -0.05) is 59.7 Å². The van der Waals surface area contributed by atoms with Gasteiger partial charge in [0.1, 0.15) is 12.3 Å². The Balaban J connectivity index is 2.26. The molecule has 0 aromatic heterocycles. The molecular weight excluding hydrogens is 579 g/mol. The second-order valence-electron chi connectivity index (χ2n) is 8.60. The Kier molecular flexibility index (Phi) is 13.2. The van der Waals surface area contributed by atoms with Crippen LogP contribution in [0.5, 0.6) is 0 Å². The fourth-order valence-electron chi connectivity index (χ4n) is 3.56. The van der Waals surface area contributed by atoms with Gasteiger partial charge in [-0.05, 0) is 55.7 Å². The average Bonchev–Trinajstić information content (AvgIpc) is 2.85. The van der Waals surface area contributed by atoms with Crippen molar-refractivity contribution in [3.05, 3.63) is 58.6 Å². The van der Waals surface area contributed by atoms with Gasteiger partial charge in [0.05, 0.1) is 20.3 Å². The average molecular weight is 616 g/mol. The number of esters is 1. The van der Waals surface area contributed by atoms with Gasteiger partial charge < -0.3 is 24.0 Å². The molecule has 11 heteroatoms. The predicted octanol–water partition coefficient (Wildman–Crippen LogP) is 6.58. The quantitative estimate of drug-likeness (QED) is 0.190. The lowest BCUT2D eigenvalue weighted by Crippen LogP contribution is -2.50. The Bertz CT molecular complexity index is 1060. The third-order valence-electron chi connectivity index (χ3n) is 5.09. The zero-order chi connectivity index (χ0) is 27.4. The molecule has 2 aromatic rings. The smallest absolute Gasteiger partial charge is 0.349 e. The summed E-state index contributed by atoms with van der Waals surface area (Å²) >= 11 is 5.02. The van der Waals surface area contributed by atoms with E-state index in [4.69, 9.17) is 13.8 Å². The second-order valence-corrected chi connectivity index (χ2v) is 12.6. The van der Waals surface area contributed by atoms with Crippen LogP contribution in [0.4, 0.5) is 4.79 Å². The number of benzene rings is 2. The number of nitrogens with one attached hydrogen (secondary N) is 1. The molecule has 2 rings (SSSR count). The first-order valence-electron chi connectivity index (χ1n) is 12.1. The maximum atomic E-state index is 13.4. The highest BCUT2D eigenvalue weighted by Gasteiger charge is 2.32. The molecule has 0 spiro atoms. The van der Waals surface area contributed by atoms with Crippen molar-refractivity contribution in [2.45, 2.75) is 49.9 Å². The molecule has 0 unspecified atom stereocenters. The topological polar surface area (TPSA) is 94.2 Å². The van der Waals surface area contributed by atoms with Crippen LogP contribution in [0.15, 0.2) is 62.8 Å². The molecule has 1 atom stereocenters. The van der Waals surface area contributed by atoms with Crippen molar-refractivity contribution in [1.29, 1.82) is 0 Å². The lowest BCUT2D eigenvalue weighted by Gasteiger charge is -2.30. The molecule has 204 valence electrons. The first-order valence-corrected chi connectivity index (χ1v) is 15.5. The summed E-state index contributed by atoms with van der Waals surface area (Å²) in [5, 5.41) is 2.79. The molecule has 0 saturated heterocycles. The minimum atomic E-state index is -3.53. The Morgan fingerprint density at radius 2 is 1.68 bits per heavy atom. The van der Waals surface area contributed by atoms with Crippen LogP contribution < -0.4 is 5.32 Å². The van der Waals surface area contributed by atoms with Crippen molar-refractivity contribution in [3.8, 4) is 0 Å². The molecule has 0 radical (unpaired) electrons. The van der Waals surface area contributed by atoms with Gasteiger partial charge in [0.25, 0.3) is 0 Å². The molecule has 0 fully saturated rings. The van der Waals surface area contributed by atoms with E-state index in [0.717, 1.165) is 19.8 Å². The summed E-state index contributed by atoms with van der Waals surface area (Å²) in [5.74, 6) is -0.485. The van der Waals surface area contributed by atoms with E-state index in [1.54, 1.807) is 25.6 Å². The number of rotatable bonds is 14. The third-order valence-corrected chi connectivity index (χ3v) is 8.74. The fraction of sp³-hybridized carbons (Fsp3) is 0.462. The van der Waals surface area contributed by atoms with Crippen LogP contribution in [0.2, 0.25) is 0 Å². The summed E-state index contributed by atoms with van der Waals surface area (Å²) in [6, 6.07) is 14.2. The van der Waals surface area contributed by atoms with Crippen LogP contribution in [0.1, 0.15) is 33.3 Å². The SMILES string of the molecule is CCOP(=O)(CN(CC(C)C)C(=O)N[C@@H](Cc1ccccc1Sc1ccc(Br)cc1)C(=O)OC)OCC. The molecule has 8 nitrogen and oxygen atoms in total. The zero-order valence-corrected chi connectivity index (χ0v) is 25.2. The fourth-order valence-corrected chi connectivity index (χ4v) is 6.47. The van der Waals surface area contributed by atoms with Gasteiger partial charge in [-0.15, -0.1) is 0 Å². The molecule has 0 saturated carbocycles. The second kappa shape index (κ2) is 15.5. The van der Waals surface area contributed by atoms with E-state index in [0.29, 0.717) is 6.54 Å². The van der Waals surface area contributed by atoms with Crippen LogP contribution in [0.25, 0.3) is 0 Å². The van der Waals surface area contributed by atoms with Crippen LogP contribution in [-0.4, -0.2) is 56.1 Å². The molecule has 0 bridgehead atoms. The summed E-state index contributed by atoms with van der Waals surface area (Å²) in [5.41, 5.74) is 0.885. The van der Waals surface area contributed by atoms with E-state index in [1.165, 1.54) is 12.0 Å². The molecule has 1 N–H and O–H groups in total. The summed E-state index contributed by atoms with van der Waals surface area (Å²) in [7, 11) is -2.25. The first-order chi connectivity index (χ1) is 17.6. The minimum absolute atomic E-state index is 0.0852. The molecule has 0 aliphatic carbocycles. The Morgan fingerprint density at radius 3 is 2.24 bits per heavy atom. The van der Waals surface area contributed by atoms with Gasteiger partial charge in [-0.2, -0.15) is 0 Å². The summed E-state index contributed by atoms with van der Waals surface area (Å²) in [6.45, 7) is 8.00. The number of hydrogen-bond acceptors (Lipinski definition) is 7. The van der Waals surface area contributed by atoms with Gasteiger partial charge in [-0.3, -0.25) is 4.57 Å². The van der Waals surface area contributed by atoms with Crippen LogP contribution in [-0.2, 0) is 29.6 Å². The Labute approximate surface area is 232 Å². The molecule has 37 heavy (non-hydrogen) atoms. The van der Waals surface area contributed by atoms with Crippen molar-refractivity contribution < 1.29 is 27.9 Å². The molecule has 0 aliphatic heterocycles. The lowest BCUT2D eigenvalue weighted by molar-refractivity contribution is -0.142. The number of methoxy groups -OCH3 is 1. The molecule has 0 aliphatic rings. The van der Waals surface area contributed by atoms with E-state index in [1.807, 2.05) is 62.4 Å². The van der Waals surface area contributed by atoms with E-state index in [9.17, 15) is 14.2 Å². The van der Waals surface area contributed by atoms with Crippen molar-refractivity contribution in [1.82, 2.24) is 10.2 Å². The van der Waals surface area contributed by atoms with Crippen LogP contribution in [0, 0.1) is 5.92 Å². The first kappa shape index (κ1) is 31.4. The van der Waals surface area contributed by atoms with Crippen molar-refractivity contribution in [2.24, 2.45) is 5.92 Å².